The normalized spacial score (nSPS) is 17.9. The summed E-state index contributed by atoms with van der Waals surface area (Å²) in [5.74, 6) is -0.458. The van der Waals surface area contributed by atoms with Crippen molar-refractivity contribution in [3.63, 3.8) is 0 Å². The molecule has 0 unspecified atom stereocenters. The van der Waals surface area contributed by atoms with Gasteiger partial charge in [0.2, 0.25) is 0 Å². The molecule has 1 saturated heterocycles. The second-order valence-electron chi connectivity index (χ2n) is 4.64. The van der Waals surface area contributed by atoms with E-state index in [0.29, 0.717) is 11.6 Å². The highest BCUT2D eigenvalue weighted by Gasteiger charge is 2.29. The van der Waals surface area contributed by atoms with E-state index in [2.05, 4.69) is 10.1 Å². The number of urea groups is 1. The van der Waals surface area contributed by atoms with Crippen molar-refractivity contribution in [2.45, 2.75) is 18.9 Å². The topological polar surface area (TPSA) is 58.6 Å². The van der Waals surface area contributed by atoms with Crippen molar-refractivity contribution in [1.82, 2.24) is 10.2 Å². The predicted molar refractivity (Wildman–Crippen MR) is 75.5 cm³/mol. The fraction of sp³-hybridized carbons (Fsp3) is 0.429. The molecule has 6 heteroatoms. The van der Waals surface area contributed by atoms with Gasteiger partial charge in [0.1, 0.15) is 6.54 Å². The first kappa shape index (κ1) is 14.7. The van der Waals surface area contributed by atoms with Crippen LogP contribution in [0.3, 0.4) is 0 Å². The van der Waals surface area contributed by atoms with Crippen molar-refractivity contribution < 1.29 is 14.3 Å². The lowest BCUT2D eigenvalue weighted by molar-refractivity contribution is -0.139. The summed E-state index contributed by atoms with van der Waals surface area (Å²) < 4.78 is 4.50. The molecule has 20 heavy (non-hydrogen) atoms. The molecule has 1 aromatic rings. The Morgan fingerprint density at radius 1 is 1.40 bits per heavy atom. The number of rotatable bonds is 3. The molecule has 1 aliphatic heterocycles. The van der Waals surface area contributed by atoms with Crippen molar-refractivity contribution in [2.75, 3.05) is 20.2 Å². The quantitative estimate of drug-likeness (QED) is 0.871. The predicted octanol–water partition coefficient (Wildman–Crippen LogP) is 2.36. The SMILES string of the molecule is COC(=O)CNC(=O)N1CCC[C@H]1c1ccc(Cl)cc1. The molecule has 0 aromatic heterocycles. The molecule has 108 valence electrons. The molecule has 2 amide bonds. The van der Waals surface area contributed by atoms with E-state index in [1.54, 1.807) is 4.90 Å². The first-order chi connectivity index (χ1) is 9.61. The van der Waals surface area contributed by atoms with Crippen LogP contribution >= 0.6 is 11.6 Å². The average molecular weight is 297 g/mol. The Morgan fingerprint density at radius 2 is 2.10 bits per heavy atom. The number of methoxy groups -OCH3 is 1. The first-order valence-electron chi connectivity index (χ1n) is 6.48. The number of benzene rings is 1. The number of hydrogen-bond acceptors (Lipinski definition) is 3. The number of carbonyl (C=O) groups excluding carboxylic acids is 2. The van der Waals surface area contributed by atoms with E-state index in [-0.39, 0.29) is 18.6 Å². The zero-order chi connectivity index (χ0) is 14.5. The van der Waals surface area contributed by atoms with E-state index in [9.17, 15) is 9.59 Å². The van der Waals surface area contributed by atoms with E-state index in [4.69, 9.17) is 11.6 Å². The second-order valence-corrected chi connectivity index (χ2v) is 5.07. The fourth-order valence-corrected chi connectivity index (χ4v) is 2.49. The first-order valence-corrected chi connectivity index (χ1v) is 6.86. The van der Waals surface area contributed by atoms with E-state index < -0.39 is 5.97 Å². The average Bonchev–Trinajstić information content (AvgIpc) is 2.94. The lowest BCUT2D eigenvalue weighted by Gasteiger charge is -2.25. The molecule has 1 fully saturated rings. The summed E-state index contributed by atoms with van der Waals surface area (Å²) in [7, 11) is 1.29. The van der Waals surface area contributed by atoms with Gasteiger partial charge in [0.25, 0.3) is 0 Å². The number of ether oxygens (including phenoxy) is 1. The van der Waals surface area contributed by atoms with Crippen LogP contribution in [0.2, 0.25) is 5.02 Å². The van der Waals surface area contributed by atoms with Crippen LogP contribution in [0, 0.1) is 0 Å². The van der Waals surface area contributed by atoms with Crippen LogP contribution in [0.5, 0.6) is 0 Å². The Balaban J connectivity index is 2.01. The number of nitrogens with zero attached hydrogens (tertiary/aromatic N) is 1. The Morgan fingerprint density at radius 3 is 2.75 bits per heavy atom. The number of halogens is 1. The van der Waals surface area contributed by atoms with Gasteiger partial charge in [-0.25, -0.2) is 4.79 Å². The summed E-state index contributed by atoms with van der Waals surface area (Å²) in [6, 6.07) is 7.29. The molecule has 1 N–H and O–H groups in total. The van der Waals surface area contributed by atoms with Crippen LogP contribution in [-0.4, -0.2) is 37.1 Å². The minimum Gasteiger partial charge on any atom is -0.468 e. The summed E-state index contributed by atoms with van der Waals surface area (Å²) in [4.78, 5) is 24.9. The molecule has 1 aliphatic rings. The largest absolute Gasteiger partial charge is 0.468 e. The smallest absolute Gasteiger partial charge is 0.325 e. The number of likely N-dealkylation sites (tertiary alicyclic amines) is 1. The lowest BCUT2D eigenvalue weighted by Crippen LogP contribution is -2.41. The van der Waals surface area contributed by atoms with Crippen molar-refractivity contribution in [3.8, 4) is 0 Å². The fourth-order valence-electron chi connectivity index (χ4n) is 2.36. The van der Waals surface area contributed by atoms with E-state index in [1.165, 1.54) is 7.11 Å². The summed E-state index contributed by atoms with van der Waals surface area (Å²) in [6.07, 6.45) is 1.85. The van der Waals surface area contributed by atoms with Gasteiger partial charge in [-0.3, -0.25) is 4.79 Å². The van der Waals surface area contributed by atoms with Gasteiger partial charge in [-0.05, 0) is 30.5 Å². The molecule has 5 nitrogen and oxygen atoms in total. The van der Waals surface area contributed by atoms with Gasteiger partial charge < -0.3 is 15.0 Å². The Labute approximate surface area is 122 Å². The van der Waals surface area contributed by atoms with Crippen LogP contribution in [0.4, 0.5) is 4.79 Å². The highest BCUT2D eigenvalue weighted by Crippen LogP contribution is 2.32. The zero-order valence-electron chi connectivity index (χ0n) is 11.3. The van der Waals surface area contributed by atoms with Gasteiger partial charge in [0, 0.05) is 11.6 Å². The maximum atomic E-state index is 12.1. The lowest BCUT2D eigenvalue weighted by atomic mass is 10.1. The molecule has 1 aromatic carbocycles. The van der Waals surface area contributed by atoms with Gasteiger partial charge in [0.15, 0.2) is 0 Å². The molecule has 0 bridgehead atoms. The van der Waals surface area contributed by atoms with E-state index >= 15 is 0 Å². The maximum Gasteiger partial charge on any atom is 0.325 e. The summed E-state index contributed by atoms with van der Waals surface area (Å²) >= 11 is 5.87. The number of hydrogen-bond donors (Lipinski definition) is 1. The standard InChI is InChI=1S/C14H17ClN2O3/c1-20-13(18)9-16-14(19)17-8-2-3-12(17)10-4-6-11(15)7-5-10/h4-7,12H,2-3,8-9H2,1H3,(H,16,19)/t12-/m0/s1. The number of carbonyl (C=O) groups is 2. The molecule has 1 heterocycles. The van der Waals surface area contributed by atoms with E-state index in [0.717, 1.165) is 18.4 Å². The Hall–Kier alpha value is -1.75. The molecule has 0 radical (unpaired) electrons. The van der Waals surface area contributed by atoms with Crippen LogP contribution in [0.15, 0.2) is 24.3 Å². The van der Waals surface area contributed by atoms with Crippen molar-refractivity contribution >= 4 is 23.6 Å². The van der Waals surface area contributed by atoms with Crippen LogP contribution < -0.4 is 5.32 Å². The van der Waals surface area contributed by atoms with Gasteiger partial charge in [0.05, 0.1) is 13.2 Å². The molecule has 1 atom stereocenters. The molecule has 2 rings (SSSR count). The minimum absolute atomic E-state index is 0.0323. The highest BCUT2D eigenvalue weighted by molar-refractivity contribution is 6.30. The van der Waals surface area contributed by atoms with Gasteiger partial charge in [-0.1, -0.05) is 23.7 Å². The second kappa shape index (κ2) is 6.61. The minimum atomic E-state index is -0.458. The van der Waals surface area contributed by atoms with Crippen LogP contribution in [0.1, 0.15) is 24.4 Å². The third-order valence-electron chi connectivity index (χ3n) is 3.38. The summed E-state index contributed by atoms with van der Waals surface area (Å²) in [5.41, 5.74) is 1.06. The van der Waals surface area contributed by atoms with Crippen LogP contribution in [-0.2, 0) is 9.53 Å². The number of amides is 2. The number of esters is 1. The molecule has 0 saturated carbocycles. The zero-order valence-corrected chi connectivity index (χ0v) is 12.0. The Kier molecular flexibility index (Phi) is 4.84. The van der Waals surface area contributed by atoms with Crippen molar-refractivity contribution in [2.24, 2.45) is 0 Å². The van der Waals surface area contributed by atoms with Gasteiger partial charge >= 0.3 is 12.0 Å². The summed E-state index contributed by atoms with van der Waals surface area (Å²) in [5, 5.41) is 3.25. The summed E-state index contributed by atoms with van der Waals surface area (Å²) in [6.45, 7) is 0.569. The number of nitrogens with one attached hydrogen (secondary N) is 1. The van der Waals surface area contributed by atoms with Gasteiger partial charge in [-0.2, -0.15) is 0 Å². The monoisotopic (exact) mass is 296 g/mol. The third-order valence-corrected chi connectivity index (χ3v) is 3.63. The van der Waals surface area contributed by atoms with Crippen LogP contribution in [0.25, 0.3) is 0 Å². The molecule has 0 spiro atoms. The third kappa shape index (κ3) is 3.42. The molecular formula is C14H17ClN2O3. The van der Waals surface area contributed by atoms with E-state index in [1.807, 2.05) is 24.3 Å². The van der Waals surface area contributed by atoms with Crippen molar-refractivity contribution in [1.29, 1.82) is 0 Å². The highest BCUT2D eigenvalue weighted by atomic mass is 35.5. The maximum absolute atomic E-state index is 12.1. The molecular weight excluding hydrogens is 280 g/mol. The van der Waals surface area contributed by atoms with Gasteiger partial charge in [-0.15, -0.1) is 0 Å². The van der Waals surface area contributed by atoms with Crippen molar-refractivity contribution in [3.05, 3.63) is 34.9 Å². The Bertz CT molecular complexity index is 490. The molecule has 0 aliphatic carbocycles.